The highest BCUT2D eigenvalue weighted by atomic mass is 32.2. The van der Waals surface area contributed by atoms with Crippen LogP contribution < -0.4 is 5.32 Å². The van der Waals surface area contributed by atoms with Crippen molar-refractivity contribution in [2.45, 2.75) is 37.3 Å². The van der Waals surface area contributed by atoms with E-state index in [1.165, 1.54) is 0 Å². The lowest BCUT2D eigenvalue weighted by Gasteiger charge is -2.20. The summed E-state index contributed by atoms with van der Waals surface area (Å²) in [6, 6.07) is 9.89. The zero-order valence-electron chi connectivity index (χ0n) is 14.1. The van der Waals surface area contributed by atoms with Crippen LogP contribution in [0.25, 0.3) is 0 Å². The van der Waals surface area contributed by atoms with Gasteiger partial charge >= 0.3 is 0 Å². The van der Waals surface area contributed by atoms with Gasteiger partial charge in [-0.15, -0.1) is 11.8 Å². The summed E-state index contributed by atoms with van der Waals surface area (Å²) in [6.45, 7) is 11.8. The van der Waals surface area contributed by atoms with Crippen LogP contribution in [0.5, 0.6) is 0 Å². The van der Waals surface area contributed by atoms with E-state index in [-0.39, 0.29) is 11.2 Å². The van der Waals surface area contributed by atoms with Gasteiger partial charge in [0.05, 0.1) is 18.3 Å². The van der Waals surface area contributed by atoms with E-state index < -0.39 is 0 Å². The monoisotopic (exact) mass is 331 g/mol. The van der Waals surface area contributed by atoms with Crippen molar-refractivity contribution < 1.29 is 4.79 Å². The van der Waals surface area contributed by atoms with E-state index in [1.54, 1.807) is 11.8 Å². The second-order valence-corrected chi connectivity index (χ2v) is 7.08. The maximum atomic E-state index is 12.3. The molecule has 0 bridgehead atoms. The van der Waals surface area contributed by atoms with Crippen LogP contribution in [0.3, 0.4) is 0 Å². The molecule has 23 heavy (non-hydrogen) atoms. The number of rotatable bonds is 9. The standard InChI is InChI=1S/C18H25N3OS/c1-5-21(12-14(2)3)13-18(22)20-16-8-6-7-9-17(16)23-15(4)10-11-19/h6-9,15H,2,5,10,12-13H2,1,3-4H3,(H,20,22)/t15-/m0/s1. The highest BCUT2D eigenvalue weighted by Crippen LogP contribution is 2.31. The van der Waals surface area contributed by atoms with Gasteiger partial charge in [-0.3, -0.25) is 9.69 Å². The number of hydrogen-bond acceptors (Lipinski definition) is 4. The maximum Gasteiger partial charge on any atom is 0.238 e. The van der Waals surface area contributed by atoms with E-state index in [4.69, 9.17) is 5.26 Å². The number of nitrogens with zero attached hydrogens (tertiary/aromatic N) is 2. The van der Waals surface area contributed by atoms with Crippen LogP contribution in [-0.4, -0.2) is 35.7 Å². The Morgan fingerprint density at radius 1 is 1.43 bits per heavy atom. The predicted octanol–water partition coefficient (Wildman–Crippen LogP) is 3.92. The lowest BCUT2D eigenvalue weighted by atomic mass is 10.3. The molecule has 0 saturated heterocycles. The van der Waals surface area contributed by atoms with Crippen molar-refractivity contribution in [3.8, 4) is 6.07 Å². The molecule has 1 rings (SSSR count). The summed E-state index contributed by atoms with van der Waals surface area (Å²) >= 11 is 1.61. The molecule has 0 aliphatic rings. The summed E-state index contributed by atoms with van der Waals surface area (Å²) in [7, 11) is 0. The summed E-state index contributed by atoms with van der Waals surface area (Å²) in [5, 5.41) is 12.0. The van der Waals surface area contributed by atoms with Gasteiger partial charge in [-0.2, -0.15) is 5.26 Å². The van der Waals surface area contributed by atoms with Crippen molar-refractivity contribution in [1.29, 1.82) is 5.26 Å². The maximum absolute atomic E-state index is 12.3. The van der Waals surface area contributed by atoms with Gasteiger partial charge in [-0.25, -0.2) is 0 Å². The van der Waals surface area contributed by atoms with Gasteiger partial charge in [0.15, 0.2) is 0 Å². The normalized spacial score (nSPS) is 11.8. The number of anilines is 1. The van der Waals surface area contributed by atoms with E-state index >= 15 is 0 Å². The Balaban J connectivity index is 2.71. The summed E-state index contributed by atoms with van der Waals surface area (Å²) in [6.07, 6.45) is 0.481. The quantitative estimate of drug-likeness (QED) is 0.550. The smallest absolute Gasteiger partial charge is 0.238 e. The minimum atomic E-state index is -0.0333. The molecule has 0 unspecified atom stereocenters. The van der Waals surface area contributed by atoms with Gasteiger partial charge in [0.1, 0.15) is 0 Å². The first-order valence-corrected chi connectivity index (χ1v) is 8.63. The van der Waals surface area contributed by atoms with Gasteiger partial charge < -0.3 is 5.32 Å². The first-order valence-electron chi connectivity index (χ1n) is 7.75. The molecule has 0 aliphatic carbocycles. The van der Waals surface area contributed by atoms with Crippen molar-refractivity contribution in [3.63, 3.8) is 0 Å². The number of carbonyl (C=O) groups excluding carboxylic acids is 1. The Bertz CT molecular complexity index is 580. The van der Waals surface area contributed by atoms with Crippen molar-refractivity contribution in [2.75, 3.05) is 25.0 Å². The van der Waals surface area contributed by atoms with E-state index in [2.05, 4.69) is 18.0 Å². The van der Waals surface area contributed by atoms with Gasteiger partial charge in [0.2, 0.25) is 5.91 Å². The number of benzene rings is 1. The molecule has 1 atom stereocenters. The number of hydrogen-bond donors (Lipinski definition) is 1. The van der Waals surface area contributed by atoms with Gasteiger partial charge in [-0.05, 0) is 25.6 Å². The largest absolute Gasteiger partial charge is 0.324 e. The average molecular weight is 331 g/mol. The number of likely N-dealkylation sites (N-methyl/N-ethyl adjacent to an activating group) is 1. The van der Waals surface area contributed by atoms with Crippen molar-refractivity contribution in [1.82, 2.24) is 4.90 Å². The summed E-state index contributed by atoms with van der Waals surface area (Å²) in [4.78, 5) is 15.3. The van der Waals surface area contributed by atoms with E-state index in [0.29, 0.717) is 13.0 Å². The minimum Gasteiger partial charge on any atom is -0.324 e. The fourth-order valence-electron chi connectivity index (χ4n) is 2.11. The van der Waals surface area contributed by atoms with Gasteiger partial charge in [0, 0.05) is 23.1 Å². The third kappa shape index (κ3) is 7.36. The average Bonchev–Trinajstić information content (AvgIpc) is 2.48. The van der Waals surface area contributed by atoms with Crippen molar-refractivity contribution >= 4 is 23.4 Å². The molecular weight excluding hydrogens is 306 g/mol. The molecular formula is C18H25N3OS. The molecule has 1 aromatic rings. The number of thioether (sulfide) groups is 1. The van der Waals surface area contributed by atoms with Crippen LogP contribution in [0.2, 0.25) is 0 Å². The summed E-state index contributed by atoms with van der Waals surface area (Å²) in [5.74, 6) is -0.0333. The molecule has 0 heterocycles. The number of nitriles is 1. The number of amides is 1. The third-order valence-corrected chi connectivity index (χ3v) is 4.35. The SMILES string of the molecule is C=C(C)CN(CC)CC(=O)Nc1ccccc1S[C@@H](C)CC#N. The summed E-state index contributed by atoms with van der Waals surface area (Å²) in [5.41, 5.74) is 1.85. The molecule has 1 aromatic carbocycles. The lowest BCUT2D eigenvalue weighted by Crippen LogP contribution is -2.34. The highest BCUT2D eigenvalue weighted by Gasteiger charge is 2.13. The van der Waals surface area contributed by atoms with Crippen LogP contribution in [0.4, 0.5) is 5.69 Å². The van der Waals surface area contributed by atoms with Crippen LogP contribution in [-0.2, 0) is 4.79 Å². The first-order chi connectivity index (χ1) is 11.0. The molecule has 4 nitrogen and oxygen atoms in total. The fraction of sp³-hybridized carbons (Fsp3) is 0.444. The van der Waals surface area contributed by atoms with Crippen LogP contribution in [0.1, 0.15) is 27.2 Å². The Morgan fingerprint density at radius 3 is 2.74 bits per heavy atom. The highest BCUT2D eigenvalue weighted by molar-refractivity contribution is 8.00. The second-order valence-electron chi connectivity index (χ2n) is 5.60. The van der Waals surface area contributed by atoms with Gasteiger partial charge in [0.25, 0.3) is 0 Å². The third-order valence-electron chi connectivity index (χ3n) is 3.18. The Hall–Kier alpha value is -1.77. The van der Waals surface area contributed by atoms with Crippen molar-refractivity contribution in [2.24, 2.45) is 0 Å². The number of carbonyl (C=O) groups is 1. The van der Waals surface area contributed by atoms with Crippen LogP contribution >= 0.6 is 11.8 Å². The van der Waals surface area contributed by atoms with E-state index in [1.807, 2.05) is 49.9 Å². The molecule has 0 saturated carbocycles. The van der Waals surface area contributed by atoms with Crippen LogP contribution in [0.15, 0.2) is 41.3 Å². The Morgan fingerprint density at radius 2 is 2.13 bits per heavy atom. The zero-order valence-corrected chi connectivity index (χ0v) is 14.9. The molecule has 0 aromatic heterocycles. The Kier molecular flexibility index (Phi) is 8.46. The molecule has 0 fully saturated rings. The van der Waals surface area contributed by atoms with Gasteiger partial charge in [-0.1, -0.05) is 38.1 Å². The molecule has 124 valence electrons. The first kappa shape index (κ1) is 19.3. The fourth-order valence-corrected chi connectivity index (χ4v) is 3.11. The molecule has 1 N–H and O–H groups in total. The number of para-hydroxylation sites is 1. The van der Waals surface area contributed by atoms with Crippen molar-refractivity contribution in [3.05, 3.63) is 36.4 Å². The molecule has 0 aliphatic heterocycles. The summed E-state index contributed by atoms with van der Waals surface area (Å²) < 4.78 is 0. The lowest BCUT2D eigenvalue weighted by molar-refractivity contribution is -0.117. The molecule has 1 amide bonds. The van der Waals surface area contributed by atoms with E-state index in [9.17, 15) is 4.79 Å². The number of nitrogens with one attached hydrogen (secondary N) is 1. The molecule has 0 radical (unpaired) electrons. The second kappa shape index (κ2) is 10.1. The van der Waals surface area contributed by atoms with E-state index in [0.717, 1.165) is 29.2 Å². The topological polar surface area (TPSA) is 56.1 Å². The molecule has 5 heteroatoms. The predicted molar refractivity (Wildman–Crippen MR) is 97.5 cm³/mol. The Labute approximate surface area is 143 Å². The van der Waals surface area contributed by atoms with Crippen LogP contribution in [0, 0.1) is 11.3 Å². The minimum absolute atomic E-state index is 0.0333. The molecule has 0 spiro atoms. The zero-order chi connectivity index (χ0) is 17.2.